The van der Waals surface area contributed by atoms with Crippen molar-refractivity contribution in [3.63, 3.8) is 0 Å². The highest BCUT2D eigenvalue weighted by atomic mass is 15.5. The lowest BCUT2D eigenvalue weighted by molar-refractivity contribution is 0.745. The van der Waals surface area contributed by atoms with Crippen LogP contribution in [0.3, 0.4) is 0 Å². The summed E-state index contributed by atoms with van der Waals surface area (Å²) in [7, 11) is 0. The van der Waals surface area contributed by atoms with Crippen LogP contribution in [0.4, 0.5) is 0 Å². The zero-order valence-electron chi connectivity index (χ0n) is 7.04. The summed E-state index contributed by atoms with van der Waals surface area (Å²) in [5.41, 5.74) is 1.07. The molecule has 0 aliphatic rings. The maximum absolute atomic E-state index is 4.12. The van der Waals surface area contributed by atoms with Crippen LogP contribution in [0.1, 0.15) is 5.56 Å². The van der Waals surface area contributed by atoms with Crippen LogP contribution < -0.4 is 0 Å². The van der Waals surface area contributed by atoms with E-state index in [1.165, 1.54) is 4.79 Å². The number of nitrogens with zero attached hydrogens (tertiary/aromatic N) is 3. The summed E-state index contributed by atoms with van der Waals surface area (Å²) in [5, 5.41) is 8.07. The second-order valence-corrected chi connectivity index (χ2v) is 2.58. The minimum atomic E-state index is 1.07. The predicted molar refractivity (Wildman–Crippen MR) is 51.7 cm³/mol. The van der Waals surface area contributed by atoms with E-state index in [2.05, 4.69) is 10.2 Å². The first-order chi connectivity index (χ1) is 6.45. The van der Waals surface area contributed by atoms with E-state index in [9.17, 15) is 0 Å². The fourth-order valence-corrected chi connectivity index (χ4v) is 0.994. The summed E-state index contributed by atoms with van der Waals surface area (Å²) in [6, 6.07) is 11.8. The minimum Gasteiger partial charge on any atom is -0.159 e. The summed E-state index contributed by atoms with van der Waals surface area (Å²) in [4.78, 5) is 1.52. The molecule has 3 nitrogen and oxygen atoms in total. The second kappa shape index (κ2) is 3.67. The molecule has 0 spiro atoms. The molecule has 2 rings (SSSR count). The average molecular weight is 171 g/mol. The van der Waals surface area contributed by atoms with Crippen molar-refractivity contribution in [3.8, 4) is 0 Å². The molecule has 0 unspecified atom stereocenters. The van der Waals surface area contributed by atoms with Gasteiger partial charge in [-0.05, 0) is 11.6 Å². The van der Waals surface area contributed by atoms with Gasteiger partial charge in [0.15, 0.2) is 0 Å². The van der Waals surface area contributed by atoms with Crippen molar-refractivity contribution in [2.75, 3.05) is 0 Å². The molecule has 0 radical (unpaired) electrons. The molecule has 0 fully saturated rings. The van der Waals surface area contributed by atoms with E-state index < -0.39 is 0 Å². The molecule has 0 bridgehead atoms. The molecule has 1 aromatic heterocycles. The van der Waals surface area contributed by atoms with Crippen LogP contribution in [0.15, 0.2) is 53.9 Å². The first-order valence-electron chi connectivity index (χ1n) is 4.04. The minimum absolute atomic E-state index is 1.07. The van der Waals surface area contributed by atoms with E-state index in [-0.39, 0.29) is 0 Å². The van der Waals surface area contributed by atoms with Gasteiger partial charge in [0.25, 0.3) is 0 Å². The molecular formula is C10H9N3. The van der Waals surface area contributed by atoms with E-state index in [4.69, 9.17) is 0 Å². The van der Waals surface area contributed by atoms with Crippen molar-refractivity contribution in [1.82, 2.24) is 9.89 Å². The quantitative estimate of drug-likeness (QED) is 0.633. The maximum Gasteiger partial charge on any atom is 0.0568 e. The normalized spacial score (nSPS) is 10.8. The van der Waals surface area contributed by atoms with E-state index in [0.717, 1.165) is 5.56 Å². The van der Waals surface area contributed by atoms with Gasteiger partial charge in [-0.15, -0.1) is 0 Å². The molecule has 0 atom stereocenters. The number of hydrogen-bond acceptors (Lipinski definition) is 2. The number of rotatable bonds is 2. The Morgan fingerprint density at radius 2 is 2.00 bits per heavy atom. The van der Waals surface area contributed by atoms with Gasteiger partial charge in [-0.2, -0.15) is 15.0 Å². The zero-order valence-corrected chi connectivity index (χ0v) is 7.04. The summed E-state index contributed by atoms with van der Waals surface area (Å²) in [6.07, 6.45) is 5.26. The first-order valence-corrected chi connectivity index (χ1v) is 4.04. The Kier molecular flexibility index (Phi) is 2.18. The zero-order chi connectivity index (χ0) is 8.93. The molecule has 0 amide bonds. The van der Waals surface area contributed by atoms with Crippen LogP contribution >= 0.6 is 0 Å². The molecule has 3 heteroatoms. The van der Waals surface area contributed by atoms with E-state index in [1.807, 2.05) is 36.4 Å². The Bertz CT molecular complexity index is 376. The Labute approximate surface area is 76.3 Å². The summed E-state index contributed by atoms with van der Waals surface area (Å²) < 4.78 is 0. The van der Waals surface area contributed by atoms with Gasteiger partial charge in [-0.1, -0.05) is 30.3 Å². The fraction of sp³-hybridized carbons (Fsp3) is 0. The molecule has 0 saturated heterocycles. The van der Waals surface area contributed by atoms with Crippen LogP contribution in [0.5, 0.6) is 0 Å². The lowest BCUT2D eigenvalue weighted by atomic mass is 10.2. The van der Waals surface area contributed by atoms with Gasteiger partial charge in [0.05, 0.1) is 18.6 Å². The van der Waals surface area contributed by atoms with E-state index >= 15 is 0 Å². The largest absolute Gasteiger partial charge is 0.159 e. The standard InChI is InChI=1S/C10H9N3/c1-2-5-10(6-3-1)9-12-13-8-4-7-11-13/h1-9H. The molecule has 64 valence electrons. The van der Waals surface area contributed by atoms with Gasteiger partial charge in [0.1, 0.15) is 0 Å². The van der Waals surface area contributed by atoms with Crippen molar-refractivity contribution in [2.45, 2.75) is 0 Å². The van der Waals surface area contributed by atoms with Crippen LogP contribution in [0.25, 0.3) is 0 Å². The highest BCUT2D eigenvalue weighted by Crippen LogP contribution is 1.94. The molecule has 13 heavy (non-hydrogen) atoms. The molecule has 2 aromatic rings. The van der Waals surface area contributed by atoms with Gasteiger partial charge in [0.2, 0.25) is 0 Å². The van der Waals surface area contributed by atoms with Crippen molar-refractivity contribution in [2.24, 2.45) is 5.10 Å². The molecule has 0 N–H and O–H groups in total. The summed E-state index contributed by atoms with van der Waals surface area (Å²) >= 11 is 0. The maximum atomic E-state index is 4.12. The third kappa shape index (κ3) is 2.02. The highest BCUT2D eigenvalue weighted by Gasteiger charge is 1.84. The Morgan fingerprint density at radius 1 is 1.15 bits per heavy atom. The monoisotopic (exact) mass is 171 g/mol. The predicted octanol–water partition coefficient (Wildman–Crippen LogP) is 1.77. The van der Waals surface area contributed by atoms with Crippen LogP contribution in [0.2, 0.25) is 0 Å². The lowest BCUT2D eigenvalue weighted by Gasteiger charge is -1.90. The van der Waals surface area contributed by atoms with E-state index in [0.29, 0.717) is 0 Å². The SMILES string of the molecule is C(=Nn1cccn1)c1ccccc1. The van der Waals surface area contributed by atoms with Crippen molar-refractivity contribution in [1.29, 1.82) is 0 Å². The fourth-order valence-electron chi connectivity index (χ4n) is 0.994. The van der Waals surface area contributed by atoms with Gasteiger partial charge in [-0.3, -0.25) is 0 Å². The Morgan fingerprint density at radius 3 is 2.69 bits per heavy atom. The second-order valence-electron chi connectivity index (χ2n) is 2.58. The van der Waals surface area contributed by atoms with Gasteiger partial charge in [0, 0.05) is 0 Å². The molecule has 1 heterocycles. The van der Waals surface area contributed by atoms with Crippen molar-refractivity contribution < 1.29 is 0 Å². The molecule has 1 aromatic carbocycles. The topological polar surface area (TPSA) is 30.2 Å². The number of hydrogen-bond donors (Lipinski definition) is 0. The number of aromatic nitrogens is 2. The highest BCUT2D eigenvalue weighted by molar-refractivity contribution is 5.79. The van der Waals surface area contributed by atoms with Gasteiger partial charge in [-0.25, -0.2) is 0 Å². The smallest absolute Gasteiger partial charge is 0.0568 e. The molecule has 0 saturated carbocycles. The third-order valence-electron chi connectivity index (χ3n) is 1.62. The molecular weight excluding hydrogens is 162 g/mol. The van der Waals surface area contributed by atoms with Crippen LogP contribution in [-0.4, -0.2) is 16.1 Å². The van der Waals surface area contributed by atoms with Gasteiger partial charge < -0.3 is 0 Å². The third-order valence-corrected chi connectivity index (χ3v) is 1.62. The van der Waals surface area contributed by atoms with Crippen molar-refractivity contribution in [3.05, 3.63) is 54.4 Å². The molecule has 0 aliphatic carbocycles. The average Bonchev–Trinajstić information content (AvgIpc) is 2.69. The molecule has 0 aliphatic heterocycles. The van der Waals surface area contributed by atoms with Crippen LogP contribution in [-0.2, 0) is 0 Å². The van der Waals surface area contributed by atoms with Gasteiger partial charge >= 0.3 is 0 Å². The first kappa shape index (κ1) is 7.73. The summed E-state index contributed by atoms with van der Waals surface area (Å²) in [6.45, 7) is 0. The lowest BCUT2D eigenvalue weighted by Crippen LogP contribution is -1.89. The van der Waals surface area contributed by atoms with Crippen molar-refractivity contribution >= 4 is 6.21 Å². The summed E-state index contributed by atoms with van der Waals surface area (Å²) in [5.74, 6) is 0. The number of benzene rings is 1. The van der Waals surface area contributed by atoms with E-state index in [1.54, 1.807) is 18.6 Å². The Hall–Kier alpha value is -1.90. The Balaban J connectivity index is 2.15. The van der Waals surface area contributed by atoms with Crippen LogP contribution in [0, 0.1) is 0 Å².